The van der Waals surface area contributed by atoms with Crippen molar-refractivity contribution in [2.24, 2.45) is 11.7 Å². The molecule has 8 heteroatoms. The summed E-state index contributed by atoms with van der Waals surface area (Å²) in [5.74, 6) is 2.05. The van der Waals surface area contributed by atoms with Gasteiger partial charge >= 0.3 is 0 Å². The molecule has 0 spiro atoms. The van der Waals surface area contributed by atoms with Crippen molar-refractivity contribution < 1.29 is 18.8 Å². The van der Waals surface area contributed by atoms with Crippen molar-refractivity contribution in [2.75, 3.05) is 20.8 Å². The van der Waals surface area contributed by atoms with Crippen molar-refractivity contribution in [3.05, 3.63) is 24.0 Å². The monoisotopic (exact) mass is 332 g/mol. The summed E-state index contributed by atoms with van der Waals surface area (Å²) in [6, 6.07) is 5.00. The highest BCUT2D eigenvalue weighted by atomic mass is 16.5. The third-order valence-electron chi connectivity index (χ3n) is 3.92. The van der Waals surface area contributed by atoms with Crippen LogP contribution in [0.1, 0.15) is 24.7 Å². The van der Waals surface area contributed by atoms with E-state index in [-0.39, 0.29) is 18.6 Å². The Labute approximate surface area is 139 Å². The average Bonchev–Trinajstić information content (AvgIpc) is 3.35. The standard InChI is InChI=1S/C16H20N4O4/c1-18-13(21)8-23-11-6-5-10(7-12(11)22-2)16-19-15(20-24-16)14(17)9-3-4-9/h5-7,9,14H,3-4,8,17H2,1-2H3,(H,18,21). The Hall–Kier alpha value is -2.61. The van der Waals surface area contributed by atoms with Gasteiger partial charge in [0, 0.05) is 12.6 Å². The molecule has 1 aliphatic rings. The number of hydrogen-bond donors (Lipinski definition) is 2. The van der Waals surface area contributed by atoms with Crippen molar-refractivity contribution in [1.82, 2.24) is 15.5 Å². The summed E-state index contributed by atoms with van der Waals surface area (Å²) >= 11 is 0. The lowest BCUT2D eigenvalue weighted by atomic mass is 10.2. The molecule has 0 radical (unpaired) electrons. The Bertz CT molecular complexity index is 727. The molecule has 1 aromatic carbocycles. The molecule has 1 aliphatic carbocycles. The first-order valence-electron chi connectivity index (χ1n) is 7.73. The van der Waals surface area contributed by atoms with Crippen molar-refractivity contribution in [2.45, 2.75) is 18.9 Å². The molecule has 8 nitrogen and oxygen atoms in total. The van der Waals surface area contributed by atoms with E-state index in [0.29, 0.717) is 34.7 Å². The van der Waals surface area contributed by atoms with Gasteiger partial charge in [-0.2, -0.15) is 4.98 Å². The molecule has 1 aromatic heterocycles. The van der Waals surface area contributed by atoms with E-state index in [2.05, 4.69) is 15.5 Å². The SMILES string of the molecule is CNC(=O)COc1ccc(-c2nc(C(N)C3CC3)no2)cc1OC. The van der Waals surface area contributed by atoms with Gasteiger partial charge in [-0.25, -0.2) is 0 Å². The number of methoxy groups -OCH3 is 1. The molecule has 0 bridgehead atoms. The van der Waals surface area contributed by atoms with Gasteiger partial charge in [-0.05, 0) is 37.0 Å². The van der Waals surface area contributed by atoms with Crippen molar-refractivity contribution in [1.29, 1.82) is 0 Å². The van der Waals surface area contributed by atoms with Gasteiger partial charge in [0.05, 0.1) is 13.2 Å². The zero-order valence-electron chi connectivity index (χ0n) is 13.6. The number of hydrogen-bond acceptors (Lipinski definition) is 7. The molecule has 2 aromatic rings. The summed E-state index contributed by atoms with van der Waals surface area (Å²) in [6.07, 6.45) is 2.21. The van der Waals surface area contributed by atoms with Gasteiger partial charge in [0.25, 0.3) is 11.8 Å². The molecular formula is C16H20N4O4. The average molecular weight is 332 g/mol. The highest BCUT2D eigenvalue weighted by Gasteiger charge is 2.32. The molecule has 0 aliphatic heterocycles. The first kappa shape index (κ1) is 16.3. The molecule has 1 unspecified atom stereocenters. The van der Waals surface area contributed by atoms with E-state index in [1.165, 1.54) is 7.11 Å². The van der Waals surface area contributed by atoms with E-state index >= 15 is 0 Å². The van der Waals surface area contributed by atoms with Crippen molar-refractivity contribution in [3.8, 4) is 23.0 Å². The summed E-state index contributed by atoms with van der Waals surface area (Å²) in [7, 11) is 3.07. The molecular weight excluding hydrogens is 312 g/mol. The lowest BCUT2D eigenvalue weighted by Gasteiger charge is -2.10. The zero-order chi connectivity index (χ0) is 17.1. The van der Waals surface area contributed by atoms with Crippen LogP contribution in [-0.4, -0.2) is 36.8 Å². The number of carbonyl (C=O) groups is 1. The lowest BCUT2D eigenvalue weighted by molar-refractivity contribution is -0.122. The predicted molar refractivity (Wildman–Crippen MR) is 85.5 cm³/mol. The Morgan fingerprint density at radius 3 is 2.92 bits per heavy atom. The fourth-order valence-corrected chi connectivity index (χ4v) is 2.29. The maximum atomic E-state index is 11.3. The van der Waals surface area contributed by atoms with Gasteiger partial charge in [0.15, 0.2) is 23.9 Å². The number of nitrogens with two attached hydrogens (primary N) is 1. The van der Waals surface area contributed by atoms with Crippen LogP contribution in [0.4, 0.5) is 0 Å². The molecule has 1 heterocycles. The Morgan fingerprint density at radius 2 is 2.25 bits per heavy atom. The number of nitrogens with one attached hydrogen (secondary N) is 1. The number of nitrogens with zero attached hydrogens (tertiary/aromatic N) is 2. The number of ether oxygens (including phenoxy) is 2. The fourth-order valence-electron chi connectivity index (χ4n) is 2.29. The van der Waals surface area contributed by atoms with Crippen molar-refractivity contribution in [3.63, 3.8) is 0 Å². The number of carbonyl (C=O) groups excluding carboxylic acids is 1. The normalized spacial score (nSPS) is 15.0. The van der Waals surface area contributed by atoms with E-state index in [1.807, 2.05) is 0 Å². The largest absolute Gasteiger partial charge is 0.493 e. The van der Waals surface area contributed by atoms with Crippen LogP contribution in [0.3, 0.4) is 0 Å². The summed E-state index contributed by atoms with van der Waals surface area (Å²) in [5, 5.41) is 6.45. The number of rotatable bonds is 7. The van der Waals surface area contributed by atoms with Crippen LogP contribution in [0.25, 0.3) is 11.5 Å². The summed E-state index contributed by atoms with van der Waals surface area (Å²) in [6.45, 7) is -0.0901. The summed E-state index contributed by atoms with van der Waals surface area (Å²) < 4.78 is 16.0. The first-order valence-corrected chi connectivity index (χ1v) is 7.73. The second kappa shape index (κ2) is 6.88. The third-order valence-corrected chi connectivity index (χ3v) is 3.92. The third kappa shape index (κ3) is 3.48. The zero-order valence-corrected chi connectivity index (χ0v) is 13.6. The van der Waals surface area contributed by atoms with Crippen LogP contribution in [0.2, 0.25) is 0 Å². The topological polar surface area (TPSA) is 112 Å². The van der Waals surface area contributed by atoms with Gasteiger partial charge in [-0.15, -0.1) is 0 Å². The molecule has 3 rings (SSSR count). The van der Waals surface area contributed by atoms with Crippen LogP contribution >= 0.6 is 0 Å². The van der Waals surface area contributed by atoms with Crippen LogP contribution in [0, 0.1) is 5.92 Å². The number of amides is 1. The lowest BCUT2D eigenvalue weighted by Crippen LogP contribution is -2.24. The molecule has 1 amide bonds. The van der Waals surface area contributed by atoms with Crippen LogP contribution < -0.4 is 20.5 Å². The minimum absolute atomic E-state index is 0.0901. The minimum Gasteiger partial charge on any atom is -0.493 e. The van der Waals surface area contributed by atoms with E-state index in [1.54, 1.807) is 25.2 Å². The Morgan fingerprint density at radius 1 is 1.46 bits per heavy atom. The van der Waals surface area contributed by atoms with Gasteiger partial charge < -0.3 is 25.0 Å². The van der Waals surface area contributed by atoms with Gasteiger partial charge in [0.1, 0.15) is 0 Å². The molecule has 3 N–H and O–H groups in total. The molecule has 1 saturated carbocycles. The van der Waals surface area contributed by atoms with Crippen molar-refractivity contribution >= 4 is 5.91 Å². The Balaban J connectivity index is 1.77. The van der Waals surface area contributed by atoms with E-state index < -0.39 is 0 Å². The maximum absolute atomic E-state index is 11.3. The molecule has 0 saturated heterocycles. The first-order chi connectivity index (χ1) is 11.6. The minimum atomic E-state index is -0.225. The van der Waals surface area contributed by atoms with Gasteiger partial charge in [-0.1, -0.05) is 5.16 Å². The molecule has 24 heavy (non-hydrogen) atoms. The van der Waals surface area contributed by atoms with Crippen LogP contribution in [-0.2, 0) is 4.79 Å². The van der Waals surface area contributed by atoms with E-state index in [0.717, 1.165) is 12.8 Å². The molecule has 1 atom stereocenters. The summed E-state index contributed by atoms with van der Waals surface area (Å²) in [5.41, 5.74) is 6.78. The predicted octanol–water partition coefficient (Wildman–Crippen LogP) is 1.28. The highest BCUT2D eigenvalue weighted by molar-refractivity contribution is 5.77. The summed E-state index contributed by atoms with van der Waals surface area (Å²) in [4.78, 5) is 15.6. The van der Waals surface area contributed by atoms with E-state index in [9.17, 15) is 4.79 Å². The Kier molecular flexibility index (Phi) is 4.66. The smallest absolute Gasteiger partial charge is 0.258 e. The second-order valence-corrected chi connectivity index (χ2v) is 5.65. The van der Waals surface area contributed by atoms with Crippen LogP contribution in [0.5, 0.6) is 11.5 Å². The van der Waals surface area contributed by atoms with Gasteiger partial charge in [0.2, 0.25) is 0 Å². The molecule has 1 fully saturated rings. The second-order valence-electron chi connectivity index (χ2n) is 5.65. The van der Waals surface area contributed by atoms with Gasteiger partial charge in [-0.3, -0.25) is 4.79 Å². The molecule has 128 valence electrons. The fraction of sp³-hybridized carbons (Fsp3) is 0.438. The number of benzene rings is 1. The van der Waals surface area contributed by atoms with Crippen LogP contribution in [0.15, 0.2) is 22.7 Å². The van der Waals surface area contributed by atoms with E-state index in [4.69, 9.17) is 19.7 Å². The number of aromatic nitrogens is 2. The number of likely N-dealkylation sites (N-methyl/N-ethyl adjacent to an activating group) is 1. The quantitative estimate of drug-likeness (QED) is 0.785. The highest BCUT2D eigenvalue weighted by Crippen LogP contribution is 2.39. The maximum Gasteiger partial charge on any atom is 0.258 e.